The van der Waals surface area contributed by atoms with Crippen molar-refractivity contribution in [3.63, 3.8) is 0 Å². The monoisotopic (exact) mass is 336 g/mol. The van der Waals surface area contributed by atoms with Crippen molar-refractivity contribution < 1.29 is 21.8 Å². The second-order valence-electron chi connectivity index (χ2n) is 4.51. The number of benzene rings is 1. The van der Waals surface area contributed by atoms with Gasteiger partial charge >= 0.3 is 0 Å². The molecule has 0 aliphatic carbocycles. The van der Waals surface area contributed by atoms with Crippen molar-refractivity contribution in [3.8, 4) is 0 Å². The Morgan fingerprint density at radius 1 is 1.38 bits per heavy atom. The summed E-state index contributed by atoms with van der Waals surface area (Å²) in [5, 5.41) is 2.48. The lowest BCUT2D eigenvalue weighted by molar-refractivity contribution is -0.115. The summed E-state index contributed by atoms with van der Waals surface area (Å²) in [5.41, 5.74) is 5.92. The molecule has 118 valence electrons. The fraction of sp³-hybridized carbons (Fsp3) is 0.417. The van der Waals surface area contributed by atoms with Gasteiger partial charge in [-0.05, 0) is 18.2 Å². The first-order valence-corrected chi connectivity index (χ1v) is 9.60. The normalized spacial score (nSPS) is 12.9. The molecule has 0 bridgehead atoms. The lowest BCUT2D eigenvalue weighted by Gasteiger charge is -2.08. The van der Waals surface area contributed by atoms with Gasteiger partial charge in [-0.2, -0.15) is 0 Å². The molecule has 0 heterocycles. The van der Waals surface area contributed by atoms with Crippen LogP contribution in [0.1, 0.15) is 6.42 Å². The van der Waals surface area contributed by atoms with Crippen molar-refractivity contribution in [2.24, 2.45) is 0 Å². The van der Waals surface area contributed by atoms with Gasteiger partial charge < -0.3 is 11.1 Å². The summed E-state index contributed by atoms with van der Waals surface area (Å²) in [6.07, 6.45) is 1.03. The van der Waals surface area contributed by atoms with E-state index in [2.05, 4.69) is 5.32 Å². The number of hydrogen-bond donors (Lipinski definition) is 2. The van der Waals surface area contributed by atoms with Gasteiger partial charge in [-0.15, -0.1) is 0 Å². The third-order valence-corrected chi connectivity index (χ3v) is 5.05. The summed E-state index contributed by atoms with van der Waals surface area (Å²) >= 11 is 0. The smallest absolute Gasteiger partial charge is 0.225 e. The van der Waals surface area contributed by atoms with E-state index in [1.807, 2.05) is 0 Å². The molecule has 21 heavy (non-hydrogen) atoms. The van der Waals surface area contributed by atoms with E-state index in [1.54, 1.807) is 0 Å². The van der Waals surface area contributed by atoms with Gasteiger partial charge in [-0.1, -0.05) is 0 Å². The molecule has 0 radical (unpaired) electrons. The van der Waals surface area contributed by atoms with Crippen LogP contribution in [0.4, 0.5) is 15.8 Å². The molecule has 1 amide bonds. The van der Waals surface area contributed by atoms with Crippen molar-refractivity contribution >= 4 is 37.9 Å². The van der Waals surface area contributed by atoms with Crippen molar-refractivity contribution in [3.05, 3.63) is 24.0 Å². The van der Waals surface area contributed by atoms with Gasteiger partial charge in [0, 0.05) is 35.0 Å². The highest BCUT2D eigenvalue weighted by Gasteiger charge is 2.10. The van der Waals surface area contributed by atoms with Crippen molar-refractivity contribution in [1.82, 2.24) is 0 Å². The minimum Gasteiger partial charge on any atom is -0.397 e. The Morgan fingerprint density at radius 2 is 2.05 bits per heavy atom. The Morgan fingerprint density at radius 3 is 2.62 bits per heavy atom. The first-order valence-electron chi connectivity index (χ1n) is 6.05. The third kappa shape index (κ3) is 7.19. The molecule has 1 unspecified atom stereocenters. The predicted molar refractivity (Wildman–Crippen MR) is 81.6 cm³/mol. The largest absolute Gasteiger partial charge is 0.397 e. The molecule has 0 fully saturated rings. The number of amides is 1. The molecule has 0 aromatic heterocycles. The lowest BCUT2D eigenvalue weighted by atomic mass is 10.2. The number of nitrogens with one attached hydrogen (secondary N) is 1. The van der Waals surface area contributed by atoms with Crippen LogP contribution in [0, 0.1) is 5.82 Å². The lowest BCUT2D eigenvalue weighted by Crippen LogP contribution is -2.19. The maximum absolute atomic E-state index is 12.8. The molecular formula is C12H17FN2O4S2. The summed E-state index contributed by atoms with van der Waals surface area (Å²) in [7, 11) is -4.55. The van der Waals surface area contributed by atoms with E-state index < -0.39 is 32.4 Å². The predicted octanol–water partition coefficient (Wildman–Crippen LogP) is 0.530. The van der Waals surface area contributed by atoms with E-state index in [4.69, 9.17) is 5.73 Å². The van der Waals surface area contributed by atoms with E-state index in [9.17, 15) is 21.8 Å². The highest BCUT2D eigenvalue weighted by atomic mass is 32.2. The number of hydrogen-bond acceptors (Lipinski definition) is 5. The molecule has 1 rings (SSSR count). The summed E-state index contributed by atoms with van der Waals surface area (Å²) in [5.74, 6) is -1.03. The van der Waals surface area contributed by atoms with Gasteiger partial charge in [0.2, 0.25) is 5.91 Å². The van der Waals surface area contributed by atoms with E-state index in [1.165, 1.54) is 6.07 Å². The molecule has 1 aromatic carbocycles. The zero-order valence-corrected chi connectivity index (χ0v) is 13.1. The quantitative estimate of drug-likeness (QED) is 0.707. The Bertz CT molecular complexity index is 647. The molecule has 6 nitrogen and oxygen atoms in total. The first kappa shape index (κ1) is 17.6. The molecule has 1 aromatic rings. The van der Waals surface area contributed by atoms with E-state index >= 15 is 0 Å². The van der Waals surface area contributed by atoms with Crippen LogP contribution in [0.5, 0.6) is 0 Å². The second kappa shape index (κ2) is 7.51. The van der Waals surface area contributed by atoms with Crippen LogP contribution >= 0.6 is 0 Å². The van der Waals surface area contributed by atoms with Gasteiger partial charge in [0.05, 0.1) is 17.1 Å². The second-order valence-corrected chi connectivity index (χ2v) is 8.46. The van der Waals surface area contributed by atoms with E-state index in [0.29, 0.717) is 0 Å². The van der Waals surface area contributed by atoms with Crippen LogP contribution in [-0.4, -0.2) is 42.0 Å². The molecule has 3 N–H and O–H groups in total. The summed E-state index contributed by atoms with van der Waals surface area (Å²) in [6.45, 7) is 0. The number of rotatable bonds is 7. The standard InChI is InChI=1S/C12H17FN2O4S2/c1-21(18,19)7-6-20(17)5-4-12(16)15-11-3-2-9(13)8-10(11)14/h2-3,8H,4-7,14H2,1H3,(H,15,16). The van der Waals surface area contributed by atoms with E-state index in [0.717, 1.165) is 18.4 Å². The summed E-state index contributed by atoms with van der Waals surface area (Å²) < 4.78 is 46.2. The number of carbonyl (C=O) groups is 1. The highest BCUT2D eigenvalue weighted by Crippen LogP contribution is 2.19. The Balaban J connectivity index is 2.42. The van der Waals surface area contributed by atoms with Crippen LogP contribution in [0.2, 0.25) is 0 Å². The highest BCUT2D eigenvalue weighted by molar-refractivity contribution is 7.92. The van der Waals surface area contributed by atoms with Gasteiger partial charge in [-0.3, -0.25) is 9.00 Å². The van der Waals surface area contributed by atoms with Gasteiger partial charge in [-0.25, -0.2) is 12.8 Å². The van der Waals surface area contributed by atoms with Crippen LogP contribution < -0.4 is 11.1 Å². The Labute approximate surface area is 125 Å². The molecule has 0 saturated carbocycles. The van der Waals surface area contributed by atoms with Gasteiger partial charge in [0.25, 0.3) is 0 Å². The minimum absolute atomic E-state index is 0.00476. The zero-order valence-electron chi connectivity index (χ0n) is 11.5. The van der Waals surface area contributed by atoms with Crippen molar-refractivity contribution in [2.45, 2.75) is 6.42 Å². The average Bonchev–Trinajstić information content (AvgIpc) is 2.36. The zero-order chi connectivity index (χ0) is 16.0. The Kier molecular flexibility index (Phi) is 6.28. The molecule has 0 aliphatic heterocycles. The van der Waals surface area contributed by atoms with Crippen LogP contribution in [-0.2, 0) is 25.4 Å². The third-order valence-electron chi connectivity index (χ3n) is 2.53. The molecule has 0 saturated heterocycles. The number of anilines is 2. The summed E-state index contributed by atoms with van der Waals surface area (Å²) in [4.78, 5) is 11.6. The first-order chi connectivity index (χ1) is 9.67. The molecule has 1 atom stereocenters. The fourth-order valence-corrected chi connectivity index (χ4v) is 3.98. The SMILES string of the molecule is CS(=O)(=O)CCS(=O)CCC(=O)Nc1ccc(F)cc1N. The van der Waals surface area contributed by atoms with Crippen LogP contribution in [0.15, 0.2) is 18.2 Å². The van der Waals surface area contributed by atoms with Crippen LogP contribution in [0.3, 0.4) is 0 Å². The van der Waals surface area contributed by atoms with Crippen molar-refractivity contribution in [2.75, 3.05) is 34.6 Å². The number of nitrogens with two attached hydrogens (primary N) is 1. The van der Waals surface area contributed by atoms with Gasteiger partial charge in [0.1, 0.15) is 15.7 Å². The average molecular weight is 336 g/mol. The molecule has 9 heteroatoms. The summed E-state index contributed by atoms with van der Waals surface area (Å²) in [6, 6.07) is 3.58. The van der Waals surface area contributed by atoms with Gasteiger partial charge in [0.15, 0.2) is 0 Å². The molecule has 0 spiro atoms. The van der Waals surface area contributed by atoms with Crippen molar-refractivity contribution in [1.29, 1.82) is 0 Å². The Hall–Kier alpha value is -1.48. The van der Waals surface area contributed by atoms with E-state index in [-0.39, 0.29) is 35.1 Å². The number of carbonyl (C=O) groups excluding carboxylic acids is 1. The fourth-order valence-electron chi connectivity index (χ4n) is 1.41. The molecule has 0 aliphatic rings. The number of halogens is 1. The number of nitrogen functional groups attached to an aromatic ring is 1. The van der Waals surface area contributed by atoms with Crippen LogP contribution in [0.25, 0.3) is 0 Å². The minimum atomic E-state index is -3.16. The number of sulfone groups is 1. The molecular weight excluding hydrogens is 319 g/mol. The maximum atomic E-state index is 12.8. The topological polar surface area (TPSA) is 106 Å². The maximum Gasteiger partial charge on any atom is 0.225 e.